The molecule has 0 aliphatic heterocycles. The van der Waals surface area contributed by atoms with Crippen LogP contribution in [0.1, 0.15) is 20.8 Å². The van der Waals surface area contributed by atoms with Crippen molar-refractivity contribution in [3.63, 3.8) is 0 Å². The molecule has 14 heavy (non-hydrogen) atoms. The first kappa shape index (κ1) is 16.9. The topological polar surface area (TPSA) is 32.6 Å². The van der Waals surface area contributed by atoms with Gasteiger partial charge < -0.3 is 33.7 Å². The quantitative estimate of drug-likeness (QED) is 0.175. The summed E-state index contributed by atoms with van der Waals surface area (Å²) in [6.07, 6.45) is 0. The maximum Gasteiger partial charge on any atom is 0.109 e. The average Bonchev–Trinajstić information content (AvgIpc) is 2.17. The number of rotatable bonds is 5. The maximum atomic E-state index is 8.44. The van der Waals surface area contributed by atoms with Crippen molar-refractivity contribution in [1.29, 1.82) is 0 Å². The van der Waals surface area contributed by atoms with Crippen molar-refractivity contribution in [2.45, 2.75) is 20.8 Å². The second-order valence-corrected chi connectivity index (χ2v) is 4.73. The van der Waals surface area contributed by atoms with Crippen molar-refractivity contribution in [2.75, 3.05) is 32.4 Å². The van der Waals surface area contributed by atoms with E-state index in [0.29, 0.717) is 0 Å². The van der Waals surface area contributed by atoms with Gasteiger partial charge >= 0.3 is 0 Å². The molecule has 0 aliphatic carbocycles. The number of halogens is 1. The maximum absolute atomic E-state index is 8.44. The molecule has 0 unspecified atom stereocenters. The van der Waals surface area contributed by atoms with Crippen molar-refractivity contribution in [3.05, 3.63) is 0 Å². The van der Waals surface area contributed by atoms with Crippen LogP contribution in [0.5, 0.6) is 0 Å². The average molecular weight is 332 g/mol. The molecule has 0 saturated carbocycles. The Bertz CT molecular complexity index is 172. The summed E-state index contributed by atoms with van der Waals surface area (Å²) in [4.78, 5) is 0. The van der Waals surface area contributed by atoms with E-state index >= 15 is 0 Å². The number of nitrogens with zero attached hydrogens (tertiary/aromatic N) is 2. The van der Waals surface area contributed by atoms with Gasteiger partial charge in [0.1, 0.15) is 5.04 Å². The van der Waals surface area contributed by atoms with E-state index in [4.69, 9.17) is 5.21 Å². The molecule has 0 fully saturated rings. The van der Waals surface area contributed by atoms with Crippen molar-refractivity contribution in [3.8, 4) is 0 Å². The highest BCUT2D eigenvalue weighted by Gasteiger charge is 2.15. The van der Waals surface area contributed by atoms with Crippen molar-refractivity contribution in [2.24, 2.45) is 5.16 Å². The second-order valence-electron chi connectivity index (χ2n) is 3.44. The molecule has 0 heterocycles. The number of quaternary nitrogens is 1. The highest BCUT2D eigenvalue weighted by atomic mass is 127. The number of hydrogen-bond acceptors (Lipinski definition) is 3. The lowest BCUT2D eigenvalue weighted by Gasteiger charge is -2.31. The molecule has 0 spiro atoms. The van der Waals surface area contributed by atoms with Gasteiger partial charge in [0.15, 0.2) is 0 Å². The van der Waals surface area contributed by atoms with Gasteiger partial charge in [-0.3, -0.25) is 0 Å². The van der Waals surface area contributed by atoms with E-state index < -0.39 is 0 Å². The number of oxime groups is 1. The minimum absolute atomic E-state index is 0. The molecule has 0 saturated heterocycles. The van der Waals surface area contributed by atoms with E-state index in [1.54, 1.807) is 11.8 Å². The Kier molecular flexibility index (Phi) is 10.6. The third-order valence-corrected chi connectivity index (χ3v) is 3.50. The predicted octanol–water partition coefficient (Wildman–Crippen LogP) is -0.982. The van der Waals surface area contributed by atoms with Gasteiger partial charge in [0.25, 0.3) is 0 Å². The van der Waals surface area contributed by atoms with E-state index in [1.807, 2.05) is 6.92 Å². The van der Waals surface area contributed by atoms with Crippen LogP contribution < -0.4 is 24.0 Å². The Hall–Kier alpha value is 0.510. The minimum Gasteiger partial charge on any atom is -1.00 e. The summed E-state index contributed by atoms with van der Waals surface area (Å²) in [6, 6.07) is 0. The van der Waals surface area contributed by atoms with Crippen LogP contribution in [0.4, 0.5) is 0 Å². The zero-order valence-corrected chi connectivity index (χ0v) is 12.4. The van der Waals surface area contributed by atoms with Gasteiger partial charge in [-0.1, -0.05) is 5.16 Å². The molecule has 3 nitrogen and oxygen atoms in total. The lowest BCUT2D eigenvalue weighted by molar-refractivity contribution is -0.903. The molecule has 0 rings (SSSR count). The van der Waals surface area contributed by atoms with Gasteiger partial charge in [-0.25, -0.2) is 0 Å². The van der Waals surface area contributed by atoms with Gasteiger partial charge in [-0.15, -0.1) is 11.8 Å². The Balaban J connectivity index is 0. The third-order valence-electron chi connectivity index (χ3n) is 2.61. The Morgan fingerprint density at radius 2 is 1.86 bits per heavy atom. The second kappa shape index (κ2) is 8.79. The summed E-state index contributed by atoms with van der Waals surface area (Å²) < 4.78 is 1.09. The normalized spacial score (nSPS) is 12.4. The van der Waals surface area contributed by atoms with Gasteiger partial charge in [0, 0.05) is 5.75 Å². The van der Waals surface area contributed by atoms with Crippen LogP contribution >= 0.6 is 11.8 Å². The number of thioether (sulfide) groups is 1. The van der Waals surface area contributed by atoms with E-state index in [0.717, 1.165) is 34.9 Å². The summed E-state index contributed by atoms with van der Waals surface area (Å²) in [7, 11) is 2.26. The van der Waals surface area contributed by atoms with Gasteiger partial charge in [-0.05, 0) is 20.8 Å². The van der Waals surface area contributed by atoms with Crippen LogP contribution in [0.15, 0.2) is 5.16 Å². The standard InChI is InChI=1S/C9H20N2OS.HI/c1-5-11(4,6-2)7-8-13-9(3)10-12;/h5-8H2,1-4H3;1H/b10-9+;. The van der Waals surface area contributed by atoms with Crippen LogP contribution in [-0.4, -0.2) is 47.2 Å². The zero-order valence-electron chi connectivity index (χ0n) is 9.46. The van der Waals surface area contributed by atoms with Crippen LogP contribution in [0.2, 0.25) is 0 Å². The summed E-state index contributed by atoms with van der Waals surface area (Å²) in [6.45, 7) is 9.69. The Morgan fingerprint density at radius 3 is 2.21 bits per heavy atom. The van der Waals surface area contributed by atoms with Crippen LogP contribution in [-0.2, 0) is 0 Å². The predicted molar refractivity (Wildman–Crippen MR) is 59.5 cm³/mol. The molecule has 0 aromatic carbocycles. The zero-order chi connectivity index (χ0) is 10.3. The monoisotopic (exact) mass is 332 g/mol. The molecule has 0 amide bonds. The van der Waals surface area contributed by atoms with Gasteiger partial charge in [0.05, 0.1) is 26.7 Å². The number of hydrogen-bond donors (Lipinski definition) is 1. The highest BCUT2D eigenvalue weighted by molar-refractivity contribution is 8.13. The first-order valence-electron chi connectivity index (χ1n) is 4.73. The van der Waals surface area contributed by atoms with Crippen LogP contribution in [0.25, 0.3) is 0 Å². The molecule has 1 N–H and O–H groups in total. The fourth-order valence-corrected chi connectivity index (χ4v) is 1.87. The lowest BCUT2D eigenvalue weighted by atomic mass is 10.4. The molecular weight excluding hydrogens is 311 g/mol. The van der Waals surface area contributed by atoms with Crippen LogP contribution in [0.3, 0.4) is 0 Å². The first-order chi connectivity index (χ1) is 6.08. The van der Waals surface area contributed by atoms with Crippen molar-refractivity contribution in [1.82, 2.24) is 0 Å². The molecular formula is C9H21IN2OS. The highest BCUT2D eigenvalue weighted by Crippen LogP contribution is 2.08. The molecule has 0 radical (unpaired) electrons. The summed E-state index contributed by atoms with van der Waals surface area (Å²) >= 11 is 1.62. The van der Waals surface area contributed by atoms with E-state index in [-0.39, 0.29) is 24.0 Å². The lowest BCUT2D eigenvalue weighted by Crippen LogP contribution is -3.00. The summed E-state index contributed by atoms with van der Waals surface area (Å²) in [5, 5.41) is 12.3. The molecule has 0 aliphatic rings. The van der Waals surface area contributed by atoms with Crippen molar-refractivity contribution < 1.29 is 33.7 Å². The Morgan fingerprint density at radius 1 is 1.36 bits per heavy atom. The van der Waals surface area contributed by atoms with Gasteiger partial charge in [-0.2, -0.15) is 0 Å². The van der Waals surface area contributed by atoms with E-state index in [9.17, 15) is 0 Å². The molecule has 86 valence electrons. The SMILES string of the molecule is CC[N+](C)(CC)CCS/C(C)=N/O.[I-]. The molecule has 0 atom stereocenters. The smallest absolute Gasteiger partial charge is 0.109 e. The Labute approximate surface area is 109 Å². The molecule has 5 heteroatoms. The summed E-state index contributed by atoms with van der Waals surface area (Å²) in [5.74, 6) is 1.02. The fraction of sp³-hybridized carbons (Fsp3) is 0.889. The molecule has 0 bridgehead atoms. The van der Waals surface area contributed by atoms with Gasteiger partial charge in [0.2, 0.25) is 0 Å². The first-order valence-corrected chi connectivity index (χ1v) is 5.71. The van der Waals surface area contributed by atoms with Crippen molar-refractivity contribution >= 4 is 16.8 Å². The molecule has 0 aromatic rings. The van der Waals surface area contributed by atoms with E-state index in [1.165, 1.54) is 0 Å². The largest absolute Gasteiger partial charge is 1.00 e. The fourth-order valence-electron chi connectivity index (χ4n) is 0.982. The van der Waals surface area contributed by atoms with E-state index in [2.05, 4.69) is 26.1 Å². The van der Waals surface area contributed by atoms with Crippen LogP contribution in [0, 0.1) is 0 Å². The third kappa shape index (κ3) is 6.89. The summed E-state index contributed by atoms with van der Waals surface area (Å²) in [5.41, 5.74) is 0. The minimum atomic E-state index is 0. The molecule has 0 aromatic heterocycles.